The van der Waals surface area contributed by atoms with E-state index in [1.807, 2.05) is 0 Å². The van der Waals surface area contributed by atoms with Gasteiger partial charge in [0.1, 0.15) is 0 Å². The Morgan fingerprint density at radius 3 is 1.57 bits per heavy atom. The normalized spacial score (nSPS) is 46.3. The fraction of sp³-hybridized carbons (Fsp3) is 1.00. The Kier molecular flexibility index (Phi) is 3.38. The Balaban J connectivity index is 0.000000750. The quantitative estimate of drug-likeness (QED) is 0.655. The summed E-state index contributed by atoms with van der Waals surface area (Å²) in [5.41, 5.74) is 0. The lowest BCUT2D eigenvalue weighted by atomic mass is 9.73. The van der Waals surface area contributed by atoms with Crippen molar-refractivity contribution in [3.05, 3.63) is 0 Å². The molecule has 1 aliphatic heterocycles. The van der Waals surface area contributed by atoms with Crippen LogP contribution in [0.1, 0.15) is 51.4 Å². The number of nitrogens with one attached hydrogen (secondary N) is 1. The van der Waals surface area contributed by atoms with Crippen LogP contribution in [0.5, 0.6) is 0 Å². The summed E-state index contributed by atoms with van der Waals surface area (Å²) >= 11 is 0. The van der Waals surface area contributed by atoms with Crippen molar-refractivity contribution in [3.8, 4) is 0 Å². The van der Waals surface area contributed by atoms with E-state index < -0.39 is 0 Å². The highest BCUT2D eigenvalue weighted by molar-refractivity contribution is 5.85. The summed E-state index contributed by atoms with van der Waals surface area (Å²) in [6, 6.07) is 1.84. The van der Waals surface area contributed by atoms with Crippen molar-refractivity contribution < 1.29 is 0 Å². The number of hydrogen-bond donors (Lipinski definition) is 1. The molecule has 3 rings (SSSR count). The third kappa shape index (κ3) is 1.69. The van der Waals surface area contributed by atoms with Crippen LogP contribution in [0, 0.1) is 11.8 Å². The van der Waals surface area contributed by atoms with Crippen LogP contribution in [-0.2, 0) is 0 Å². The van der Waals surface area contributed by atoms with Crippen LogP contribution in [-0.4, -0.2) is 12.1 Å². The van der Waals surface area contributed by atoms with Crippen LogP contribution in [0.2, 0.25) is 0 Å². The minimum Gasteiger partial charge on any atom is -0.311 e. The molecule has 0 spiro atoms. The van der Waals surface area contributed by atoms with Crippen molar-refractivity contribution >= 4 is 12.4 Å². The van der Waals surface area contributed by atoms with Gasteiger partial charge in [0.05, 0.1) is 0 Å². The lowest BCUT2D eigenvalue weighted by Gasteiger charge is -2.30. The minimum atomic E-state index is 0. The molecule has 2 heteroatoms. The molecule has 14 heavy (non-hydrogen) atoms. The molecule has 2 saturated carbocycles. The molecule has 0 aromatic carbocycles. The predicted molar refractivity (Wildman–Crippen MR) is 61.9 cm³/mol. The molecule has 82 valence electrons. The van der Waals surface area contributed by atoms with Gasteiger partial charge < -0.3 is 5.32 Å². The van der Waals surface area contributed by atoms with Crippen molar-refractivity contribution in [1.82, 2.24) is 5.32 Å². The average Bonchev–Trinajstić information content (AvgIpc) is 2.56. The highest BCUT2D eigenvalue weighted by atomic mass is 35.5. The summed E-state index contributed by atoms with van der Waals surface area (Å²) < 4.78 is 0. The van der Waals surface area contributed by atoms with Crippen molar-refractivity contribution in [2.75, 3.05) is 0 Å². The highest BCUT2D eigenvalue weighted by Crippen LogP contribution is 2.43. The van der Waals surface area contributed by atoms with Crippen molar-refractivity contribution in [3.63, 3.8) is 0 Å². The predicted octanol–water partition coefficient (Wildman–Crippen LogP) is 3.13. The molecule has 0 aromatic heterocycles. The SMILES string of the molecule is C1CCC2C(C1)NC1CCCCC12.Cl. The Morgan fingerprint density at radius 2 is 1.07 bits per heavy atom. The maximum atomic E-state index is 3.89. The molecule has 1 saturated heterocycles. The van der Waals surface area contributed by atoms with Gasteiger partial charge in [0, 0.05) is 12.1 Å². The van der Waals surface area contributed by atoms with Crippen molar-refractivity contribution in [2.45, 2.75) is 63.5 Å². The van der Waals surface area contributed by atoms with E-state index in [0.717, 1.165) is 23.9 Å². The zero-order valence-electron chi connectivity index (χ0n) is 8.87. The van der Waals surface area contributed by atoms with E-state index in [1.54, 1.807) is 0 Å². The monoisotopic (exact) mass is 215 g/mol. The van der Waals surface area contributed by atoms with Gasteiger partial charge in [-0.15, -0.1) is 12.4 Å². The number of fused-ring (bicyclic) bond motifs is 3. The summed E-state index contributed by atoms with van der Waals surface area (Å²) in [6.07, 6.45) is 12.0. The number of halogens is 1. The summed E-state index contributed by atoms with van der Waals surface area (Å²) in [6.45, 7) is 0. The largest absolute Gasteiger partial charge is 0.311 e. The fourth-order valence-corrected chi connectivity index (χ4v) is 4.03. The second-order valence-corrected chi connectivity index (χ2v) is 5.28. The van der Waals surface area contributed by atoms with E-state index in [9.17, 15) is 0 Å². The van der Waals surface area contributed by atoms with Gasteiger partial charge in [0.15, 0.2) is 0 Å². The van der Waals surface area contributed by atoms with Crippen LogP contribution in [0.25, 0.3) is 0 Å². The van der Waals surface area contributed by atoms with Crippen LogP contribution < -0.4 is 5.32 Å². The van der Waals surface area contributed by atoms with Gasteiger partial charge in [-0.2, -0.15) is 0 Å². The van der Waals surface area contributed by atoms with Crippen molar-refractivity contribution in [2.24, 2.45) is 11.8 Å². The van der Waals surface area contributed by atoms with Crippen LogP contribution >= 0.6 is 12.4 Å². The first-order chi connectivity index (χ1) is 6.45. The fourth-order valence-electron chi connectivity index (χ4n) is 4.03. The summed E-state index contributed by atoms with van der Waals surface area (Å²) in [7, 11) is 0. The second-order valence-electron chi connectivity index (χ2n) is 5.28. The van der Waals surface area contributed by atoms with Crippen LogP contribution in [0.15, 0.2) is 0 Å². The average molecular weight is 216 g/mol. The van der Waals surface area contributed by atoms with E-state index in [2.05, 4.69) is 5.32 Å². The molecule has 1 N–H and O–H groups in total. The van der Waals surface area contributed by atoms with E-state index in [4.69, 9.17) is 0 Å². The lowest BCUT2D eigenvalue weighted by Crippen LogP contribution is -2.33. The van der Waals surface area contributed by atoms with Crippen LogP contribution in [0.3, 0.4) is 0 Å². The molecule has 0 aromatic rings. The number of rotatable bonds is 0. The highest BCUT2D eigenvalue weighted by Gasteiger charge is 2.43. The molecule has 4 unspecified atom stereocenters. The Bertz CT molecular complexity index is 175. The first kappa shape index (κ1) is 10.8. The molecule has 0 bridgehead atoms. The molecule has 4 atom stereocenters. The van der Waals surface area contributed by atoms with Gasteiger partial charge in [0.25, 0.3) is 0 Å². The summed E-state index contributed by atoms with van der Waals surface area (Å²) in [4.78, 5) is 0. The first-order valence-electron chi connectivity index (χ1n) is 6.21. The number of hydrogen-bond acceptors (Lipinski definition) is 1. The van der Waals surface area contributed by atoms with Gasteiger partial charge in [-0.25, -0.2) is 0 Å². The minimum absolute atomic E-state index is 0. The third-order valence-electron chi connectivity index (χ3n) is 4.62. The lowest BCUT2D eigenvalue weighted by molar-refractivity contribution is 0.231. The van der Waals surface area contributed by atoms with Crippen molar-refractivity contribution in [1.29, 1.82) is 0 Å². The zero-order chi connectivity index (χ0) is 8.67. The van der Waals surface area contributed by atoms with Gasteiger partial charge in [-0.1, -0.05) is 25.7 Å². The molecule has 1 heterocycles. The maximum absolute atomic E-state index is 3.89. The zero-order valence-corrected chi connectivity index (χ0v) is 9.69. The Labute approximate surface area is 93.4 Å². The van der Waals surface area contributed by atoms with E-state index in [0.29, 0.717) is 0 Å². The molecule has 0 radical (unpaired) electrons. The smallest absolute Gasteiger partial charge is 0.0101 e. The Hall–Kier alpha value is 0.250. The first-order valence-corrected chi connectivity index (χ1v) is 6.21. The van der Waals surface area contributed by atoms with Gasteiger partial charge in [-0.05, 0) is 37.5 Å². The second kappa shape index (κ2) is 4.40. The maximum Gasteiger partial charge on any atom is 0.0101 e. The molecule has 1 nitrogen and oxygen atoms in total. The summed E-state index contributed by atoms with van der Waals surface area (Å²) in [5, 5.41) is 3.89. The van der Waals surface area contributed by atoms with Crippen LogP contribution in [0.4, 0.5) is 0 Å². The molecule has 3 aliphatic rings. The molecule has 0 amide bonds. The molecule has 3 fully saturated rings. The molecule has 2 aliphatic carbocycles. The molecular weight excluding hydrogens is 194 g/mol. The van der Waals surface area contributed by atoms with Gasteiger partial charge >= 0.3 is 0 Å². The standard InChI is InChI=1S/C12H21N.ClH/c1-3-7-11-9(5-1)10-6-2-4-8-12(10)13-11;/h9-13H,1-8H2;1H. The van der Waals surface area contributed by atoms with E-state index >= 15 is 0 Å². The third-order valence-corrected chi connectivity index (χ3v) is 4.62. The van der Waals surface area contributed by atoms with E-state index in [1.165, 1.54) is 51.4 Å². The van der Waals surface area contributed by atoms with Gasteiger partial charge in [0.2, 0.25) is 0 Å². The van der Waals surface area contributed by atoms with E-state index in [-0.39, 0.29) is 12.4 Å². The Morgan fingerprint density at radius 1 is 0.643 bits per heavy atom. The van der Waals surface area contributed by atoms with Gasteiger partial charge in [-0.3, -0.25) is 0 Å². The molecular formula is C12H22ClN. The summed E-state index contributed by atoms with van der Waals surface area (Å²) in [5.74, 6) is 2.14. The topological polar surface area (TPSA) is 12.0 Å².